The van der Waals surface area contributed by atoms with Gasteiger partial charge in [-0.25, -0.2) is 8.78 Å². The van der Waals surface area contributed by atoms with Gasteiger partial charge >= 0.3 is 0 Å². The number of nitrogen functional groups attached to an aromatic ring is 1. The van der Waals surface area contributed by atoms with Crippen molar-refractivity contribution in [2.75, 3.05) is 11.1 Å². The minimum absolute atomic E-state index is 0.145. The van der Waals surface area contributed by atoms with Crippen LogP contribution in [0.15, 0.2) is 36.4 Å². The lowest BCUT2D eigenvalue weighted by Crippen LogP contribution is -2.12. The van der Waals surface area contributed by atoms with E-state index in [9.17, 15) is 13.6 Å². The third-order valence-corrected chi connectivity index (χ3v) is 2.82. The molecule has 20 heavy (non-hydrogen) atoms. The number of primary amides is 1. The van der Waals surface area contributed by atoms with Crippen LogP contribution in [-0.2, 0) is 6.54 Å². The molecule has 104 valence electrons. The molecule has 0 spiro atoms. The van der Waals surface area contributed by atoms with E-state index in [1.807, 2.05) is 0 Å². The molecular formula is C14H13F2N3O. The predicted molar refractivity (Wildman–Crippen MR) is 73.1 cm³/mol. The van der Waals surface area contributed by atoms with Crippen LogP contribution in [0.1, 0.15) is 15.9 Å². The van der Waals surface area contributed by atoms with Crippen molar-refractivity contribution in [2.45, 2.75) is 6.54 Å². The Bertz CT molecular complexity index is 659. The molecule has 0 saturated carbocycles. The van der Waals surface area contributed by atoms with Crippen LogP contribution in [0.2, 0.25) is 0 Å². The second-order valence-corrected chi connectivity index (χ2v) is 4.26. The molecule has 0 saturated heterocycles. The number of nitrogens with one attached hydrogen (secondary N) is 1. The molecule has 2 aromatic carbocycles. The summed E-state index contributed by atoms with van der Waals surface area (Å²) in [4.78, 5) is 11.0. The number of carbonyl (C=O) groups is 1. The Balaban J connectivity index is 2.13. The summed E-state index contributed by atoms with van der Waals surface area (Å²) in [6.07, 6.45) is 0. The molecule has 0 radical (unpaired) electrons. The highest BCUT2D eigenvalue weighted by Gasteiger charge is 2.07. The van der Waals surface area contributed by atoms with E-state index >= 15 is 0 Å². The van der Waals surface area contributed by atoms with E-state index in [-0.39, 0.29) is 6.54 Å². The second kappa shape index (κ2) is 5.56. The lowest BCUT2D eigenvalue weighted by molar-refractivity contribution is 0.100. The number of halogens is 2. The van der Waals surface area contributed by atoms with Crippen molar-refractivity contribution < 1.29 is 13.6 Å². The standard InChI is InChI=1S/C14H13F2N3O/c15-10-3-1-9(11(16)6-10)7-19-13-4-2-8(14(18)20)5-12(13)17/h1-6,19H,7,17H2,(H2,18,20). The first-order valence-corrected chi connectivity index (χ1v) is 5.84. The Hall–Kier alpha value is -2.63. The summed E-state index contributed by atoms with van der Waals surface area (Å²) in [6, 6.07) is 7.88. The maximum atomic E-state index is 13.5. The largest absolute Gasteiger partial charge is 0.397 e. The van der Waals surface area contributed by atoms with Crippen molar-refractivity contribution in [1.82, 2.24) is 0 Å². The predicted octanol–water partition coefficient (Wildman–Crippen LogP) is 2.26. The van der Waals surface area contributed by atoms with Crippen molar-refractivity contribution in [1.29, 1.82) is 0 Å². The van der Waals surface area contributed by atoms with E-state index < -0.39 is 17.5 Å². The molecule has 2 rings (SSSR count). The van der Waals surface area contributed by atoms with Crippen molar-refractivity contribution in [2.24, 2.45) is 5.73 Å². The number of amides is 1. The van der Waals surface area contributed by atoms with Crippen molar-refractivity contribution in [3.05, 3.63) is 59.2 Å². The Morgan fingerprint density at radius 3 is 2.50 bits per heavy atom. The quantitative estimate of drug-likeness (QED) is 0.750. The molecule has 0 unspecified atom stereocenters. The van der Waals surface area contributed by atoms with Gasteiger partial charge in [0.1, 0.15) is 11.6 Å². The van der Waals surface area contributed by atoms with E-state index in [1.165, 1.54) is 24.3 Å². The van der Waals surface area contributed by atoms with Gasteiger partial charge in [0.15, 0.2) is 0 Å². The Morgan fingerprint density at radius 1 is 1.15 bits per heavy atom. The molecule has 6 heteroatoms. The number of hydrogen-bond acceptors (Lipinski definition) is 3. The molecule has 0 aliphatic carbocycles. The van der Waals surface area contributed by atoms with Crippen LogP contribution < -0.4 is 16.8 Å². The Kier molecular flexibility index (Phi) is 3.84. The zero-order valence-corrected chi connectivity index (χ0v) is 10.5. The number of rotatable bonds is 4. The van der Waals surface area contributed by atoms with E-state index in [1.54, 1.807) is 6.07 Å². The first-order chi connectivity index (χ1) is 9.47. The van der Waals surface area contributed by atoms with Gasteiger partial charge < -0.3 is 16.8 Å². The molecule has 0 heterocycles. The molecular weight excluding hydrogens is 264 g/mol. The highest BCUT2D eigenvalue weighted by Crippen LogP contribution is 2.21. The van der Waals surface area contributed by atoms with Crippen LogP contribution in [0.4, 0.5) is 20.2 Å². The highest BCUT2D eigenvalue weighted by atomic mass is 19.1. The molecule has 1 amide bonds. The summed E-state index contributed by atoms with van der Waals surface area (Å²) in [5.74, 6) is -1.84. The van der Waals surface area contributed by atoms with Crippen LogP contribution >= 0.6 is 0 Å². The minimum atomic E-state index is -0.634. The van der Waals surface area contributed by atoms with Gasteiger partial charge in [0.25, 0.3) is 0 Å². The molecule has 2 aromatic rings. The fraction of sp³-hybridized carbons (Fsp3) is 0.0714. The Labute approximate surface area is 114 Å². The SMILES string of the molecule is NC(=O)c1ccc(NCc2ccc(F)cc2F)c(N)c1. The maximum Gasteiger partial charge on any atom is 0.248 e. The fourth-order valence-corrected chi connectivity index (χ4v) is 1.73. The highest BCUT2D eigenvalue weighted by molar-refractivity contribution is 5.94. The average molecular weight is 277 g/mol. The molecule has 4 nitrogen and oxygen atoms in total. The van der Waals surface area contributed by atoms with Crippen LogP contribution in [-0.4, -0.2) is 5.91 Å². The van der Waals surface area contributed by atoms with Gasteiger partial charge in [-0.1, -0.05) is 6.07 Å². The van der Waals surface area contributed by atoms with E-state index in [0.29, 0.717) is 22.5 Å². The molecule has 0 atom stereocenters. The van der Waals surface area contributed by atoms with Crippen LogP contribution in [0, 0.1) is 11.6 Å². The lowest BCUT2D eigenvalue weighted by atomic mass is 10.1. The van der Waals surface area contributed by atoms with Crippen LogP contribution in [0.25, 0.3) is 0 Å². The minimum Gasteiger partial charge on any atom is -0.397 e. The number of hydrogen-bond donors (Lipinski definition) is 3. The summed E-state index contributed by atoms with van der Waals surface area (Å²) >= 11 is 0. The molecule has 0 bridgehead atoms. The molecule has 0 aliphatic rings. The van der Waals surface area contributed by atoms with Gasteiger partial charge in [-0.15, -0.1) is 0 Å². The fourth-order valence-electron chi connectivity index (χ4n) is 1.73. The first kappa shape index (κ1) is 13.8. The van der Waals surface area contributed by atoms with E-state index in [0.717, 1.165) is 6.07 Å². The first-order valence-electron chi connectivity index (χ1n) is 5.84. The van der Waals surface area contributed by atoms with Gasteiger partial charge in [-0.2, -0.15) is 0 Å². The zero-order valence-electron chi connectivity index (χ0n) is 10.5. The summed E-state index contributed by atoms with van der Waals surface area (Å²) in [5, 5.41) is 2.92. The normalized spacial score (nSPS) is 10.3. The van der Waals surface area contributed by atoms with Gasteiger partial charge in [-0.05, 0) is 24.3 Å². The maximum absolute atomic E-state index is 13.5. The monoisotopic (exact) mass is 277 g/mol. The molecule has 0 aromatic heterocycles. The van der Waals surface area contributed by atoms with Gasteiger partial charge in [0, 0.05) is 23.7 Å². The molecule has 0 aliphatic heterocycles. The number of nitrogens with two attached hydrogens (primary N) is 2. The average Bonchev–Trinajstić information content (AvgIpc) is 2.38. The number of carbonyl (C=O) groups excluding carboxylic acids is 1. The zero-order chi connectivity index (χ0) is 14.7. The summed E-state index contributed by atoms with van der Waals surface area (Å²) < 4.78 is 26.2. The third-order valence-electron chi connectivity index (χ3n) is 2.82. The van der Waals surface area contributed by atoms with Gasteiger partial charge in [0.2, 0.25) is 5.91 Å². The third kappa shape index (κ3) is 3.03. The second-order valence-electron chi connectivity index (χ2n) is 4.26. The summed E-state index contributed by atoms with van der Waals surface area (Å²) in [5.41, 5.74) is 12.4. The van der Waals surface area contributed by atoms with Gasteiger partial charge in [-0.3, -0.25) is 4.79 Å². The summed E-state index contributed by atoms with van der Waals surface area (Å²) in [6.45, 7) is 0.145. The van der Waals surface area contributed by atoms with Crippen LogP contribution in [0.5, 0.6) is 0 Å². The summed E-state index contributed by atoms with van der Waals surface area (Å²) in [7, 11) is 0. The number of anilines is 2. The molecule has 0 fully saturated rings. The molecule has 5 N–H and O–H groups in total. The van der Waals surface area contributed by atoms with E-state index in [4.69, 9.17) is 11.5 Å². The lowest BCUT2D eigenvalue weighted by Gasteiger charge is -2.11. The van der Waals surface area contributed by atoms with Gasteiger partial charge in [0.05, 0.1) is 11.4 Å². The van der Waals surface area contributed by atoms with E-state index in [2.05, 4.69) is 5.32 Å². The van der Waals surface area contributed by atoms with Crippen LogP contribution in [0.3, 0.4) is 0 Å². The van der Waals surface area contributed by atoms with Crippen molar-refractivity contribution in [3.8, 4) is 0 Å². The van der Waals surface area contributed by atoms with Crippen molar-refractivity contribution in [3.63, 3.8) is 0 Å². The van der Waals surface area contributed by atoms with Crippen molar-refractivity contribution >= 4 is 17.3 Å². The smallest absolute Gasteiger partial charge is 0.248 e. The Morgan fingerprint density at radius 2 is 1.90 bits per heavy atom. The topological polar surface area (TPSA) is 81.1 Å². The number of benzene rings is 2.